The fourth-order valence-electron chi connectivity index (χ4n) is 1.14. The molecule has 0 aromatic rings. The average Bonchev–Trinajstić information content (AvgIpc) is 2.16. The first kappa shape index (κ1) is 10.3. The average molecular weight is 188 g/mol. The summed E-state index contributed by atoms with van der Waals surface area (Å²) >= 11 is 0. The summed E-state index contributed by atoms with van der Waals surface area (Å²) in [7, 11) is 0. The Bertz CT molecular complexity index is 375. The summed E-state index contributed by atoms with van der Waals surface area (Å²) in [5, 5.41) is 8.78. The lowest BCUT2D eigenvalue weighted by Crippen LogP contribution is -2.14. The number of hydrogen-bond donors (Lipinski definition) is 1. The highest BCUT2D eigenvalue weighted by molar-refractivity contribution is 5.95. The summed E-state index contributed by atoms with van der Waals surface area (Å²) in [5.74, 6) is 5.27. The van der Waals surface area contributed by atoms with Gasteiger partial charge in [0.2, 0.25) is 0 Å². The molecule has 72 valence electrons. The summed E-state index contributed by atoms with van der Waals surface area (Å²) in [5.41, 5.74) is 1.47. The first-order chi connectivity index (χ1) is 6.63. The zero-order chi connectivity index (χ0) is 10.6. The minimum absolute atomic E-state index is 0.00986. The Morgan fingerprint density at radius 3 is 3.00 bits per heavy atom. The van der Waals surface area contributed by atoms with E-state index < -0.39 is 0 Å². The largest absolute Gasteiger partial charge is 0.515 e. The molecule has 0 heterocycles. The second-order valence-electron chi connectivity index (χ2n) is 3.25. The highest BCUT2D eigenvalue weighted by Crippen LogP contribution is 2.19. The topological polar surface area (TPSA) is 37.3 Å². The van der Waals surface area contributed by atoms with Crippen molar-refractivity contribution in [1.29, 1.82) is 0 Å². The third-order valence-corrected chi connectivity index (χ3v) is 1.87. The van der Waals surface area contributed by atoms with Gasteiger partial charge in [-0.05, 0) is 30.6 Å². The van der Waals surface area contributed by atoms with Crippen LogP contribution in [0.25, 0.3) is 0 Å². The van der Waals surface area contributed by atoms with E-state index in [1.54, 1.807) is 13.0 Å². The van der Waals surface area contributed by atoms with E-state index in [1.165, 1.54) is 6.08 Å². The molecule has 1 unspecified atom stereocenters. The minimum atomic E-state index is -0.338. The van der Waals surface area contributed by atoms with Gasteiger partial charge in [-0.15, -0.1) is 0 Å². The van der Waals surface area contributed by atoms with Crippen LogP contribution < -0.4 is 0 Å². The molecule has 0 saturated carbocycles. The fourth-order valence-corrected chi connectivity index (χ4v) is 1.14. The number of carbonyl (C=O) groups is 1. The van der Waals surface area contributed by atoms with Gasteiger partial charge in [-0.3, -0.25) is 4.79 Å². The van der Waals surface area contributed by atoms with Gasteiger partial charge in [0.15, 0.2) is 5.78 Å². The molecule has 0 aromatic heterocycles. The SMILES string of the molecule is C=C(C)C#CC1C/C(=C/O)C=CC1=O. The Labute approximate surface area is 83.6 Å². The molecule has 0 radical (unpaired) electrons. The van der Waals surface area contributed by atoms with Gasteiger partial charge in [-0.25, -0.2) is 0 Å². The monoisotopic (exact) mass is 188 g/mol. The third kappa shape index (κ3) is 2.63. The van der Waals surface area contributed by atoms with Crippen LogP contribution in [0.5, 0.6) is 0 Å². The van der Waals surface area contributed by atoms with Crippen molar-refractivity contribution >= 4 is 5.78 Å². The Balaban J connectivity index is 2.83. The van der Waals surface area contributed by atoms with Gasteiger partial charge in [0.05, 0.1) is 12.2 Å². The smallest absolute Gasteiger partial charge is 0.170 e. The molecule has 0 spiro atoms. The molecule has 0 fully saturated rings. The summed E-state index contributed by atoms with van der Waals surface area (Å²) < 4.78 is 0. The molecule has 0 aromatic carbocycles. The van der Waals surface area contributed by atoms with Gasteiger partial charge in [0.1, 0.15) is 0 Å². The second kappa shape index (κ2) is 4.48. The molecular formula is C12H12O2. The first-order valence-corrected chi connectivity index (χ1v) is 4.35. The Kier molecular flexibility index (Phi) is 3.30. The Morgan fingerprint density at radius 2 is 2.43 bits per heavy atom. The number of allylic oxidation sites excluding steroid dienone is 4. The van der Waals surface area contributed by atoms with Crippen molar-refractivity contribution in [2.45, 2.75) is 13.3 Å². The van der Waals surface area contributed by atoms with Gasteiger partial charge in [-0.1, -0.05) is 24.5 Å². The van der Waals surface area contributed by atoms with Crippen molar-refractivity contribution in [1.82, 2.24) is 0 Å². The number of hydrogen-bond acceptors (Lipinski definition) is 2. The van der Waals surface area contributed by atoms with Crippen LogP contribution in [0, 0.1) is 17.8 Å². The van der Waals surface area contributed by atoms with Crippen LogP contribution in [-0.4, -0.2) is 10.9 Å². The van der Waals surface area contributed by atoms with Crippen LogP contribution in [0.3, 0.4) is 0 Å². The van der Waals surface area contributed by atoms with Crippen LogP contribution in [0.15, 0.2) is 36.1 Å². The molecule has 1 aliphatic carbocycles. The van der Waals surface area contributed by atoms with E-state index in [-0.39, 0.29) is 11.7 Å². The molecule has 1 N–H and O–H groups in total. The number of aliphatic hydroxyl groups excluding tert-OH is 1. The summed E-state index contributed by atoms with van der Waals surface area (Å²) in [4.78, 5) is 11.3. The molecule has 0 aliphatic heterocycles. The number of carbonyl (C=O) groups excluding carboxylic acids is 1. The van der Waals surface area contributed by atoms with Crippen LogP contribution in [0.1, 0.15) is 13.3 Å². The molecule has 1 aliphatic rings. The van der Waals surface area contributed by atoms with Crippen molar-refractivity contribution in [2.24, 2.45) is 5.92 Å². The van der Waals surface area contributed by atoms with Crippen molar-refractivity contribution in [2.75, 3.05) is 0 Å². The molecule has 1 rings (SSSR count). The predicted octanol–water partition coefficient (Wildman–Crippen LogP) is 2.15. The third-order valence-electron chi connectivity index (χ3n) is 1.87. The zero-order valence-electron chi connectivity index (χ0n) is 8.08. The lowest BCUT2D eigenvalue weighted by atomic mass is 9.90. The number of aliphatic hydroxyl groups is 1. The van der Waals surface area contributed by atoms with E-state index in [0.29, 0.717) is 6.42 Å². The molecular weight excluding hydrogens is 176 g/mol. The maximum Gasteiger partial charge on any atom is 0.170 e. The molecule has 0 bridgehead atoms. The van der Waals surface area contributed by atoms with Crippen molar-refractivity contribution in [3.8, 4) is 11.8 Å². The molecule has 0 amide bonds. The summed E-state index contributed by atoms with van der Waals surface area (Å²) in [6, 6.07) is 0. The number of ketones is 1. The van der Waals surface area contributed by atoms with Crippen molar-refractivity contribution < 1.29 is 9.90 Å². The quantitative estimate of drug-likeness (QED) is 0.467. The molecule has 0 saturated heterocycles. The van der Waals surface area contributed by atoms with Crippen LogP contribution in [0.4, 0.5) is 0 Å². The molecule has 2 nitrogen and oxygen atoms in total. The Morgan fingerprint density at radius 1 is 1.71 bits per heavy atom. The van der Waals surface area contributed by atoms with E-state index in [2.05, 4.69) is 18.4 Å². The van der Waals surface area contributed by atoms with Crippen LogP contribution in [-0.2, 0) is 4.79 Å². The number of rotatable bonds is 0. The maximum absolute atomic E-state index is 11.3. The van der Waals surface area contributed by atoms with E-state index in [9.17, 15) is 4.79 Å². The molecule has 1 atom stereocenters. The summed E-state index contributed by atoms with van der Waals surface area (Å²) in [6.07, 6.45) is 4.55. The lowest BCUT2D eigenvalue weighted by Gasteiger charge is -2.11. The maximum atomic E-state index is 11.3. The lowest BCUT2D eigenvalue weighted by molar-refractivity contribution is -0.116. The normalized spacial score (nSPS) is 23.1. The van der Waals surface area contributed by atoms with Gasteiger partial charge in [0, 0.05) is 0 Å². The van der Waals surface area contributed by atoms with Gasteiger partial charge in [-0.2, -0.15) is 0 Å². The summed E-state index contributed by atoms with van der Waals surface area (Å²) in [6.45, 7) is 5.43. The minimum Gasteiger partial charge on any atom is -0.515 e. The molecule has 2 heteroatoms. The van der Waals surface area contributed by atoms with Crippen LogP contribution >= 0.6 is 0 Å². The Hall–Kier alpha value is -1.75. The fraction of sp³-hybridized carbons (Fsp3) is 0.250. The highest BCUT2D eigenvalue weighted by Gasteiger charge is 2.18. The molecule has 14 heavy (non-hydrogen) atoms. The van der Waals surface area contributed by atoms with E-state index in [0.717, 1.165) is 17.4 Å². The van der Waals surface area contributed by atoms with E-state index in [4.69, 9.17) is 5.11 Å². The van der Waals surface area contributed by atoms with E-state index >= 15 is 0 Å². The second-order valence-corrected chi connectivity index (χ2v) is 3.25. The van der Waals surface area contributed by atoms with Gasteiger partial charge < -0.3 is 5.11 Å². The first-order valence-electron chi connectivity index (χ1n) is 4.35. The van der Waals surface area contributed by atoms with Crippen LogP contribution in [0.2, 0.25) is 0 Å². The van der Waals surface area contributed by atoms with Gasteiger partial charge in [0.25, 0.3) is 0 Å². The van der Waals surface area contributed by atoms with Crippen molar-refractivity contribution in [3.05, 3.63) is 36.1 Å². The van der Waals surface area contributed by atoms with E-state index in [1.807, 2.05) is 0 Å². The highest BCUT2D eigenvalue weighted by atomic mass is 16.2. The standard InChI is InChI=1S/C12H12O2/c1-9(2)3-5-11-7-10(8-13)4-6-12(11)14/h4,6,8,11,13H,1,7H2,2H3/b10-8+. The van der Waals surface area contributed by atoms with Crippen molar-refractivity contribution in [3.63, 3.8) is 0 Å². The predicted molar refractivity (Wildman–Crippen MR) is 55.6 cm³/mol. The van der Waals surface area contributed by atoms with Gasteiger partial charge >= 0.3 is 0 Å². The zero-order valence-corrected chi connectivity index (χ0v) is 8.08.